The summed E-state index contributed by atoms with van der Waals surface area (Å²) < 4.78 is 10.5. The number of nitrogens with one attached hydrogen (secondary N) is 1. The number of rotatable bonds is 8. The van der Waals surface area contributed by atoms with Crippen LogP contribution in [0.4, 0.5) is 11.5 Å². The molecule has 4 N–H and O–H groups in total. The predicted molar refractivity (Wildman–Crippen MR) is 80.0 cm³/mol. The van der Waals surface area contributed by atoms with Gasteiger partial charge in [0.2, 0.25) is 5.88 Å². The summed E-state index contributed by atoms with van der Waals surface area (Å²) in [5.74, 6) is 1.02. The lowest BCUT2D eigenvalue weighted by atomic mass is 10.0. The van der Waals surface area contributed by atoms with Crippen molar-refractivity contribution in [3.8, 4) is 5.88 Å². The van der Waals surface area contributed by atoms with Gasteiger partial charge in [0.05, 0.1) is 17.4 Å². The van der Waals surface area contributed by atoms with Gasteiger partial charge in [-0.2, -0.15) is 4.98 Å². The van der Waals surface area contributed by atoms with Crippen LogP contribution in [0.1, 0.15) is 27.2 Å². The third kappa shape index (κ3) is 5.63. The molecule has 1 aromatic rings. The Kier molecular flexibility index (Phi) is 6.04. The molecule has 6 heteroatoms. The molecular weight excluding hydrogens is 258 g/mol. The number of nitrogen functional groups attached to an aromatic ring is 1. The molecule has 1 atom stereocenters. The van der Waals surface area contributed by atoms with Crippen LogP contribution in [0.15, 0.2) is 12.1 Å². The molecule has 1 rings (SSSR count). The normalized spacial score (nSPS) is 14.1. The van der Waals surface area contributed by atoms with E-state index < -0.39 is 5.60 Å². The number of methoxy groups -OCH3 is 1. The molecule has 114 valence electrons. The Morgan fingerprint density at radius 2 is 2.15 bits per heavy atom. The van der Waals surface area contributed by atoms with E-state index in [-0.39, 0.29) is 6.10 Å². The lowest BCUT2D eigenvalue weighted by Crippen LogP contribution is -2.34. The zero-order valence-electron chi connectivity index (χ0n) is 12.6. The van der Waals surface area contributed by atoms with Crippen molar-refractivity contribution in [1.82, 2.24) is 4.98 Å². The topological polar surface area (TPSA) is 89.6 Å². The molecule has 0 aromatic carbocycles. The van der Waals surface area contributed by atoms with Crippen LogP contribution in [0.25, 0.3) is 0 Å². The molecule has 0 spiro atoms. The Morgan fingerprint density at radius 3 is 2.75 bits per heavy atom. The molecule has 0 radical (unpaired) electrons. The number of hydrogen-bond acceptors (Lipinski definition) is 6. The number of hydrogen-bond donors (Lipinski definition) is 3. The van der Waals surface area contributed by atoms with Gasteiger partial charge in [-0.1, -0.05) is 0 Å². The van der Waals surface area contributed by atoms with Crippen molar-refractivity contribution in [3.63, 3.8) is 0 Å². The number of anilines is 2. The number of aliphatic hydroxyl groups is 1. The van der Waals surface area contributed by atoms with Crippen molar-refractivity contribution in [3.05, 3.63) is 12.1 Å². The second-order valence-electron chi connectivity index (χ2n) is 5.35. The van der Waals surface area contributed by atoms with Gasteiger partial charge in [-0.3, -0.25) is 0 Å². The van der Waals surface area contributed by atoms with Crippen LogP contribution >= 0.6 is 0 Å². The highest BCUT2D eigenvalue weighted by molar-refractivity contribution is 5.53. The lowest BCUT2D eigenvalue weighted by Gasteiger charge is -2.23. The second-order valence-corrected chi connectivity index (χ2v) is 5.35. The molecule has 0 saturated carbocycles. The molecule has 0 aliphatic rings. The second kappa shape index (κ2) is 7.31. The van der Waals surface area contributed by atoms with Gasteiger partial charge in [-0.05, 0) is 32.9 Å². The molecule has 1 unspecified atom stereocenters. The van der Waals surface area contributed by atoms with E-state index in [1.807, 2.05) is 13.8 Å². The minimum absolute atomic E-state index is 0.00450. The predicted octanol–water partition coefficient (Wildman–Crippen LogP) is 1.65. The van der Waals surface area contributed by atoms with Crippen molar-refractivity contribution in [2.24, 2.45) is 0 Å². The smallest absolute Gasteiger partial charge is 0.239 e. The average Bonchev–Trinajstić information content (AvgIpc) is 2.37. The minimum Gasteiger partial charge on any atom is -0.473 e. The van der Waals surface area contributed by atoms with Crippen LogP contribution in [0.5, 0.6) is 5.88 Å². The minimum atomic E-state index is -0.863. The van der Waals surface area contributed by atoms with Crippen molar-refractivity contribution in [2.75, 3.05) is 31.3 Å². The number of nitrogens with zero attached hydrogens (tertiary/aromatic N) is 1. The van der Waals surface area contributed by atoms with Gasteiger partial charge in [0, 0.05) is 26.7 Å². The molecule has 0 aliphatic carbocycles. The van der Waals surface area contributed by atoms with Crippen molar-refractivity contribution in [2.45, 2.75) is 38.9 Å². The van der Waals surface area contributed by atoms with E-state index in [1.54, 1.807) is 26.2 Å². The first kappa shape index (κ1) is 16.5. The zero-order valence-corrected chi connectivity index (χ0v) is 12.6. The van der Waals surface area contributed by atoms with Gasteiger partial charge in [-0.15, -0.1) is 0 Å². The Hall–Kier alpha value is -1.53. The molecule has 6 nitrogen and oxygen atoms in total. The van der Waals surface area contributed by atoms with Gasteiger partial charge in [0.1, 0.15) is 5.82 Å². The summed E-state index contributed by atoms with van der Waals surface area (Å²) in [5, 5.41) is 13.2. The van der Waals surface area contributed by atoms with E-state index in [2.05, 4.69) is 10.3 Å². The summed E-state index contributed by atoms with van der Waals surface area (Å²) in [6, 6.07) is 3.49. The maximum Gasteiger partial charge on any atom is 0.239 e. The summed E-state index contributed by atoms with van der Waals surface area (Å²) in [6.07, 6.45) is 0.547. The standard InChI is InChI=1S/C14H25N3O3/c1-10(2)20-13-11(15)5-6-12(17-13)16-9-14(3,18)7-8-19-4/h5-6,10,18H,7-9,15H2,1-4H3,(H,16,17). The molecule has 20 heavy (non-hydrogen) atoms. The summed E-state index contributed by atoms with van der Waals surface area (Å²) in [5.41, 5.74) is 5.44. The van der Waals surface area contributed by atoms with E-state index in [0.29, 0.717) is 37.0 Å². The van der Waals surface area contributed by atoms with E-state index in [9.17, 15) is 5.11 Å². The Balaban J connectivity index is 2.64. The average molecular weight is 283 g/mol. The lowest BCUT2D eigenvalue weighted by molar-refractivity contribution is 0.0357. The third-order valence-corrected chi connectivity index (χ3v) is 2.73. The fraction of sp³-hybridized carbons (Fsp3) is 0.643. The molecule has 0 amide bonds. The number of aromatic nitrogens is 1. The third-order valence-electron chi connectivity index (χ3n) is 2.73. The van der Waals surface area contributed by atoms with E-state index in [4.69, 9.17) is 15.2 Å². The summed E-state index contributed by atoms with van der Waals surface area (Å²) >= 11 is 0. The first-order valence-electron chi connectivity index (χ1n) is 6.72. The highest BCUT2D eigenvalue weighted by atomic mass is 16.5. The van der Waals surface area contributed by atoms with Crippen molar-refractivity contribution in [1.29, 1.82) is 0 Å². The van der Waals surface area contributed by atoms with Crippen LogP contribution < -0.4 is 15.8 Å². The number of ether oxygens (including phenoxy) is 2. The van der Waals surface area contributed by atoms with Gasteiger partial charge < -0.3 is 25.6 Å². The number of nitrogens with two attached hydrogens (primary N) is 1. The van der Waals surface area contributed by atoms with E-state index >= 15 is 0 Å². The Morgan fingerprint density at radius 1 is 1.45 bits per heavy atom. The van der Waals surface area contributed by atoms with Gasteiger partial charge >= 0.3 is 0 Å². The van der Waals surface area contributed by atoms with Crippen LogP contribution in [0.3, 0.4) is 0 Å². The Labute approximate surface area is 120 Å². The molecule has 1 heterocycles. The molecule has 0 saturated heterocycles. The summed E-state index contributed by atoms with van der Waals surface area (Å²) in [6.45, 7) is 6.45. The van der Waals surface area contributed by atoms with Crippen LogP contribution in [0, 0.1) is 0 Å². The molecule has 0 aliphatic heterocycles. The van der Waals surface area contributed by atoms with Crippen molar-refractivity contribution >= 4 is 11.5 Å². The highest BCUT2D eigenvalue weighted by Gasteiger charge is 2.20. The molecule has 0 bridgehead atoms. The van der Waals surface area contributed by atoms with Crippen LogP contribution in [-0.4, -0.2) is 42.1 Å². The van der Waals surface area contributed by atoms with Crippen LogP contribution in [0.2, 0.25) is 0 Å². The highest BCUT2D eigenvalue weighted by Crippen LogP contribution is 2.22. The van der Waals surface area contributed by atoms with E-state index in [0.717, 1.165) is 0 Å². The molecule has 1 aromatic heterocycles. The fourth-order valence-corrected chi connectivity index (χ4v) is 1.56. The maximum atomic E-state index is 10.1. The van der Waals surface area contributed by atoms with Crippen LogP contribution in [-0.2, 0) is 4.74 Å². The summed E-state index contributed by atoms with van der Waals surface area (Å²) in [7, 11) is 1.61. The van der Waals surface area contributed by atoms with E-state index in [1.165, 1.54) is 0 Å². The summed E-state index contributed by atoms with van der Waals surface area (Å²) in [4.78, 5) is 4.30. The quantitative estimate of drug-likeness (QED) is 0.672. The van der Waals surface area contributed by atoms with Gasteiger partial charge in [-0.25, -0.2) is 0 Å². The van der Waals surface area contributed by atoms with Gasteiger partial charge in [0.25, 0.3) is 0 Å². The molecule has 0 fully saturated rings. The van der Waals surface area contributed by atoms with Gasteiger partial charge in [0.15, 0.2) is 0 Å². The monoisotopic (exact) mass is 283 g/mol. The SMILES string of the molecule is COCCC(C)(O)CNc1ccc(N)c(OC(C)C)n1. The Bertz CT molecular complexity index is 422. The first-order chi connectivity index (χ1) is 9.34. The zero-order chi connectivity index (χ0) is 15.2. The first-order valence-corrected chi connectivity index (χ1v) is 6.72. The van der Waals surface area contributed by atoms with Crippen molar-refractivity contribution < 1.29 is 14.6 Å². The fourth-order valence-electron chi connectivity index (χ4n) is 1.56. The number of pyridine rings is 1. The maximum absolute atomic E-state index is 10.1. The largest absolute Gasteiger partial charge is 0.473 e. The molecular formula is C14H25N3O3.